The van der Waals surface area contributed by atoms with Gasteiger partial charge in [0.25, 0.3) is 5.78 Å². The van der Waals surface area contributed by atoms with Gasteiger partial charge in [-0.3, -0.25) is 19.5 Å². The number of rotatable bonds is 13. The minimum absolute atomic E-state index is 0.0688. The second kappa shape index (κ2) is 14.7. The number of benzene rings is 2. The Morgan fingerprint density at radius 2 is 1.82 bits per heavy atom. The zero-order valence-electron chi connectivity index (χ0n) is 24.2. The third kappa shape index (κ3) is 6.90. The number of halogens is 1. The average molecular weight is 651 g/mol. The Morgan fingerprint density at radius 3 is 2.57 bits per heavy atom. The van der Waals surface area contributed by atoms with Crippen LogP contribution in [0.15, 0.2) is 76.9 Å². The highest BCUT2D eigenvalue weighted by atomic mass is 35.5. The summed E-state index contributed by atoms with van der Waals surface area (Å²) in [4.78, 5) is 32.5. The van der Waals surface area contributed by atoms with E-state index in [2.05, 4.69) is 22.1 Å². The summed E-state index contributed by atoms with van der Waals surface area (Å²) in [5.41, 5.74) is 1.77. The summed E-state index contributed by atoms with van der Waals surface area (Å²) in [6, 6.07) is 15.0. The van der Waals surface area contributed by atoms with Gasteiger partial charge in [0, 0.05) is 28.7 Å². The van der Waals surface area contributed by atoms with E-state index in [4.69, 9.17) is 21.1 Å². The van der Waals surface area contributed by atoms with Crippen molar-refractivity contribution in [3.05, 3.63) is 94.3 Å². The van der Waals surface area contributed by atoms with Gasteiger partial charge in [0.2, 0.25) is 5.13 Å². The van der Waals surface area contributed by atoms with Crippen LogP contribution >= 0.6 is 34.7 Å². The molecule has 4 aromatic rings. The number of carbonyl (C=O) groups excluding carboxylic acids is 2. The molecule has 1 aliphatic heterocycles. The van der Waals surface area contributed by atoms with Crippen LogP contribution in [0.2, 0.25) is 5.02 Å². The third-order valence-electron chi connectivity index (χ3n) is 6.90. The number of nitrogens with zero attached hydrogens (tertiary/aromatic N) is 4. The molecule has 44 heavy (non-hydrogen) atoms. The van der Waals surface area contributed by atoms with E-state index in [1.807, 2.05) is 31.2 Å². The second-order valence-electron chi connectivity index (χ2n) is 9.83. The van der Waals surface area contributed by atoms with E-state index in [9.17, 15) is 14.7 Å². The van der Waals surface area contributed by atoms with Crippen LogP contribution in [-0.2, 0) is 15.3 Å². The predicted octanol–water partition coefficient (Wildman–Crippen LogP) is 7.47. The summed E-state index contributed by atoms with van der Waals surface area (Å²) in [6.45, 7) is 4.91. The number of unbranched alkanes of at least 4 members (excludes halogenated alkanes) is 2. The SMILES string of the molecule is CCCCCOc1ccc(C2/C(=C(\O)c3ccncc3)C(=O)C(=O)N2c2nnc(SCc3ccccc3Cl)s2)cc1OCC. The number of hydrogen-bond donors (Lipinski definition) is 1. The molecule has 5 rings (SSSR count). The number of thioether (sulfide) groups is 1. The number of pyridine rings is 1. The molecule has 1 amide bonds. The molecule has 1 unspecified atom stereocenters. The zero-order valence-corrected chi connectivity index (χ0v) is 26.6. The summed E-state index contributed by atoms with van der Waals surface area (Å²) in [5, 5.41) is 20.8. The third-order valence-corrected chi connectivity index (χ3v) is 9.37. The van der Waals surface area contributed by atoms with Crippen LogP contribution < -0.4 is 14.4 Å². The molecule has 2 aromatic carbocycles. The number of aromatic nitrogens is 3. The number of aliphatic hydroxyl groups excluding tert-OH is 1. The van der Waals surface area contributed by atoms with Crippen LogP contribution in [0, 0.1) is 0 Å². The van der Waals surface area contributed by atoms with Crippen LogP contribution in [0.4, 0.5) is 5.13 Å². The quantitative estimate of drug-likeness (QED) is 0.0393. The lowest BCUT2D eigenvalue weighted by molar-refractivity contribution is -0.132. The van der Waals surface area contributed by atoms with E-state index < -0.39 is 17.7 Å². The van der Waals surface area contributed by atoms with Gasteiger partial charge in [0.15, 0.2) is 15.8 Å². The maximum atomic E-state index is 13.6. The topological polar surface area (TPSA) is 115 Å². The average Bonchev–Trinajstić information content (AvgIpc) is 3.61. The van der Waals surface area contributed by atoms with Gasteiger partial charge in [-0.1, -0.05) is 78.7 Å². The van der Waals surface area contributed by atoms with Gasteiger partial charge < -0.3 is 14.6 Å². The highest BCUT2D eigenvalue weighted by Gasteiger charge is 2.48. The molecule has 3 heterocycles. The molecule has 9 nitrogen and oxygen atoms in total. The van der Waals surface area contributed by atoms with E-state index in [-0.39, 0.29) is 16.5 Å². The second-order valence-corrected chi connectivity index (χ2v) is 12.4. The van der Waals surface area contributed by atoms with E-state index in [1.165, 1.54) is 40.4 Å². The van der Waals surface area contributed by atoms with Crippen molar-refractivity contribution in [2.75, 3.05) is 18.1 Å². The number of hydrogen-bond acceptors (Lipinski definition) is 10. The van der Waals surface area contributed by atoms with Gasteiger partial charge >= 0.3 is 5.91 Å². The molecule has 1 atom stereocenters. The minimum atomic E-state index is -0.995. The molecule has 12 heteroatoms. The van der Waals surface area contributed by atoms with Gasteiger partial charge in [-0.05, 0) is 54.8 Å². The lowest BCUT2D eigenvalue weighted by Gasteiger charge is -2.23. The van der Waals surface area contributed by atoms with Crippen molar-refractivity contribution in [3.63, 3.8) is 0 Å². The van der Waals surface area contributed by atoms with Crippen molar-refractivity contribution < 1.29 is 24.2 Å². The Balaban J connectivity index is 1.54. The monoisotopic (exact) mass is 650 g/mol. The highest BCUT2D eigenvalue weighted by Crippen LogP contribution is 2.45. The number of Topliss-reactive ketones (excluding diaryl/α,β-unsaturated/α-hetero) is 1. The normalized spacial score (nSPS) is 16.0. The van der Waals surface area contributed by atoms with Crippen molar-refractivity contribution in [2.45, 2.75) is 49.2 Å². The first-order valence-corrected chi connectivity index (χ1v) is 16.4. The van der Waals surface area contributed by atoms with E-state index in [0.717, 1.165) is 24.8 Å². The van der Waals surface area contributed by atoms with Gasteiger partial charge in [0.05, 0.1) is 24.8 Å². The minimum Gasteiger partial charge on any atom is -0.507 e. The molecule has 1 N–H and O–H groups in total. The fraction of sp³-hybridized carbons (Fsp3) is 0.281. The lowest BCUT2D eigenvalue weighted by atomic mass is 9.95. The summed E-state index contributed by atoms with van der Waals surface area (Å²) in [6.07, 6.45) is 6.04. The Labute approximate surface area is 268 Å². The van der Waals surface area contributed by atoms with Crippen molar-refractivity contribution >= 4 is 57.3 Å². The first kappa shape index (κ1) is 31.5. The van der Waals surface area contributed by atoms with Crippen LogP contribution in [0.25, 0.3) is 5.76 Å². The van der Waals surface area contributed by atoms with Gasteiger partial charge in [-0.15, -0.1) is 10.2 Å². The summed E-state index contributed by atoms with van der Waals surface area (Å²) < 4.78 is 12.5. The Morgan fingerprint density at radius 1 is 1.02 bits per heavy atom. The van der Waals surface area contributed by atoms with E-state index >= 15 is 0 Å². The smallest absolute Gasteiger partial charge is 0.301 e. The standard InChI is InChI=1S/C32H31ClN4O5S2/c1-3-5-8-17-42-24-12-11-21(18-25(24)41-4-2)27-26(28(38)20-13-15-34-16-14-20)29(39)30(40)37(27)31-35-36-32(44-31)43-19-22-9-6-7-10-23(22)33/h6-7,9-16,18,27,38H,3-5,8,17,19H2,1-2H3/b28-26+. The summed E-state index contributed by atoms with van der Waals surface area (Å²) in [5.74, 6) is -0.370. The maximum absolute atomic E-state index is 13.6. The van der Waals surface area contributed by atoms with Gasteiger partial charge in [-0.2, -0.15) is 0 Å². The molecular weight excluding hydrogens is 620 g/mol. The van der Waals surface area contributed by atoms with Crippen LogP contribution in [0.1, 0.15) is 55.8 Å². The van der Waals surface area contributed by atoms with Crippen molar-refractivity contribution in [1.29, 1.82) is 0 Å². The van der Waals surface area contributed by atoms with Crippen molar-refractivity contribution in [2.24, 2.45) is 0 Å². The molecule has 0 aliphatic carbocycles. The fourth-order valence-corrected chi connectivity index (χ4v) is 6.89. The zero-order chi connectivity index (χ0) is 31.1. The molecule has 1 aliphatic rings. The molecule has 0 bridgehead atoms. The number of anilines is 1. The number of aliphatic hydroxyl groups is 1. The molecule has 1 fully saturated rings. The number of amides is 1. The van der Waals surface area contributed by atoms with E-state index in [1.54, 1.807) is 30.3 Å². The first-order valence-electron chi connectivity index (χ1n) is 14.2. The number of ether oxygens (including phenoxy) is 2. The molecule has 0 radical (unpaired) electrons. The summed E-state index contributed by atoms with van der Waals surface area (Å²) >= 11 is 8.93. The van der Waals surface area contributed by atoms with Crippen LogP contribution in [0.3, 0.4) is 0 Å². The first-order chi connectivity index (χ1) is 21.4. The molecule has 0 spiro atoms. The largest absolute Gasteiger partial charge is 0.507 e. The maximum Gasteiger partial charge on any atom is 0.301 e. The molecule has 2 aromatic heterocycles. The molecule has 228 valence electrons. The fourth-order valence-electron chi connectivity index (χ4n) is 4.74. The van der Waals surface area contributed by atoms with Crippen LogP contribution in [0.5, 0.6) is 11.5 Å². The van der Waals surface area contributed by atoms with Gasteiger partial charge in [0.1, 0.15) is 5.76 Å². The van der Waals surface area contributed by atoms with Gasteiger partial charge in [-0.25, -0.2) is 0 Å². The molecule has 0 saturated carbocycles. The number of carbonyl (C=O) groups is 2. The van der Waals surface area contributed by atoms with Crippen LogP contribution in [-0.4, -0.2) is 45.2 Å². The molecule has 1 saturated heterocycles. The molecular formula is C32H31ClN4O5S2. The Kier molecular flexibility index (Phi) is 10.5. The summed E-state index contributed by atoms with van der Waals surface area (Å²) in [7, 11) is 0. The van der Waals surface area contributed by atoms with Crippen molar-refractivity contribution in [3.8, 4) is 11.5 Å². The predicted molar refractivity (Wildman–Crippen MR) is 173 cm³/mol. The lowest BCUT2D eigenvalue weighted by Crippen LogP contribution is -2.29. The Hall–Kier alpha value is -3.93. The number of ketones is 1. The van der Waals surface area contributed by atoms with Crippen molar-refractivity contribution in [1.82, 2.24) is 15.2 Å². The van der Waals surface area contributed by atoms with E-state index in [0.29, 0.717) is 51.0 Å². The Bertz CT molecular complexity index is 1660. The highest BCUT2D eigenvalue weighted by molar-refractivity contribution is 8.00.